The van der Waals surface area contributed by atoms with Crippen molar-refractivity contribution in [2.75, 3.05) is 6.61 Å². The molecule has 2 aliphatic carbocycles. The zero-order chi connectivity index (χ0) is 9.42. The number of rotatable bonds is 2. The molecular weight excluding hydrogens is 202 g/mol. The Hall–Kier alpha value is -0.280. The van der Waals surface area contributed by atoms with E-state index in [0.29, 0.717) is 18.4 Å². The van der Waals surface area contributed by atoms with Crippen LogP contribution in [-0.4, -0.2) is 18.6 Å². The number of halogens is 1. The van der Waals surface area contributed by atoms with E-state index in [2.05, 4.69) is 0 Å². The summed E-state index contributed by atoms with van der Waals surface area (Å²) in [6.07, 6.45) is 3.52. The van der Waals surface area contributed by atoms with Crippen molar-refractivity contribution in [3.63, 3.8) is 0 Å². The maximum atomic E-state index is 11.5. The maximum absolute atomic E-state index is 11.5. The topological polar surface area (TPSA) is 52.3 Å². The average molecular weight is 220 g/mol. The predicted molar refractivity (Wildman–Crippen MR) is 56.2 cm³/mol. The lowest BCUT2D eigenvalue weighted by Crippen LogP contribution is -2.41. The molecular formula is C10H18ClNO2. The van der Waals surface area contributed by atoms with Crippen LogP contribution in [0, 0.1) is 17.8 Å². The van der Waals surface area contributed by atoms with Gasteiger partial charge in [0, 0.05) is 6.04 Å². The molecule has 0 spiro atoms. The van der Waals surface area contributed by atoms with Crippen LogP contribution in [0.3, 0.4) is 0 Å². The van der Waals surface area contributed by atoms with Crippen molar-refractivity contribution in [2.45, 2.75) is 32.2 Å². The van der Waals surface area contributed by atoms with Gasteiger partial charge in [-0.1, -0.05) is 0 Å². The summed E-state index contributed by atoms with van der Waals surface area (Å²) in [5.74, 6) is 1.03. The number of ether oxygens (including phenoxy) is 1. The fourth-order valence-electron chi connectivity index (χ4n) is 2.92. The van der Waals surface area contributed by atoms with Crippen molar-refractivity contribution < 1.29 is 9.53 Å². The Morgan fingerprint density at radius 1 is 1.43 bits per heavy atom. The van der Waals surface area contributed by atoms with Crippen LogP contribution >= 0.6 is 12.4 Å². The SMILES string of the molecule is CCOC(=O)[C@@H]1[C@@H]2CC[C@@H](C2)[C@@H]1N.Cl. The smallest absolute Gasteiger partial charge is 0.310 e. The first kappa shape index (κ1) is 11.8. The molecule has 2 aliphatic rings. The second kappa shape index (κ2) is 4.49. The zero-order valence-electron chi connectivity index (χ0n) is 8.44. The Kier molecular flexibility index (Phi) is 3.78. The van der Waals surface area contributed by atoms with Crippen molar-refractivity contribution >= 4 is 18.4 Å². The van der Waals surface area contributed by atoms with Crippen molar-refractivity contribution in [1.29, 1.82) is 0 Å². The first-order valence-electron chi connectivity index (χ1n) is 5.16. The fraction of sp³-hybridized carbons (Fsp3) is 0.900. The maximum Gasteiger partial charge on any atom is 0.310 e. The van der Waals surface area contributed by atoms with Gasteiger partial charge in [-0.2, -0.15) is 0 Å². The summed E-state index contributed by atoms with van der Waals surface area (Å²) < 4.78 is 5.03. The summed E-state index contributed by atoms with van der Waals surface area (Å²) in [4.78, 5) is 11.5. The number of hydrogen-bond donors (Lipinski definition) is 1. The molecule has 2 N–H and O–H groups in total. The summed E-state index contributed by atoms with van der Waals surface area (Å²) in [6.45, 7) is 2.32. The van der Waals surface area contributed by atoms with Crippen LogP contribution in [0.2, 0.25) is 0 Å². The fourth-order valence-corrected chi connectivity index (χ4v) is 2.92. The Morgan fingerprint density at radius 2 is 2.07 bits per heavy atom. The number of esters is 1. The highest BCUT2D eigenvalue weighted by molar-refractivity contribution is 5.85. The minimum atomic E-state index is -0.0674. The number of fused-ring (bicyclic) bond motifs is 2. The van der Waals surface area contributed by atoms with E-state index in [1.807, 2.05) is 6.92 Å². The van der Waals surface area contributed by atoms with Crippen LogP contribution in [0.25, 0.3) is 0 Å². The summed E-state index contributed by atoms with van der Waals surface area (Å²) in [7, 11) is 0. The molecule has 0 aliphatic heterocycles. The van der Waals surface area contributed by atoms with E-state index >= 15 is 0 Å². The molecule has 0 amide bonds. The van der Waals surface area contributed by atoms with Crippen LogP contribution in [0.5, 0.6) is 0 Å². The monoisotopic (exact) mass is 219 g/mol. The zero-order valence-corrected chi connectivity index (χ0v) is 9.26. The summed E-state index contributed by atoms with van der Waals surface area (Å²) in [6, 6.07) is 0.0674. The summed E-state index contributed by atoms with van der Waals surface area (Å²) >= 11 is 0. The second-order valence-corrected chi connectivity index (χ2v) is 4.19. The first-order chi connectivity index (χ1) is 6.24. The summed E-state index contributed by atoms with van der Waals surface area (Å²) in [5.41, 5.74) is 5.99. The normalized spacial score (nSPS) is 39.3. The van der Waals surface area contributed by atoms with Crippen molar-refractivity contribution in [2.24, 2.45) is 23.5 Å². The van der Waals surface area contributed by atoms with Crippen LogP contribution in [0.4, 0.5) is 0 Å². The Morgan fingerprint density at radius 3 is 2.57 bits per heavy atom. The van der Waals surface area contributed by atoms with Gasteiger partial charge < -0.3 is 10.5 Å². The molecule has 2 saturated carbocycles. The Labute approximate surface area is 90.8 Å². The van der Waals surface area contributed by atoms with Gasteiger partial charge in [-0.05, 0) is 38.0 Å². The molecule has 14 heavy (non-hydrogen) atoms. The molecule has 0 radical (unpaired) electrons. The molecule has 0 aromatic rings. The van der Waals surface area contributed by atoms with E-state index < -0.39 is 0 Å². The van der Waals surface area contributed by atoms with E-state index in [9.17, 15) is 4.79 Å². The standard InChI is InChI=1S/C10H17NO2.ClH/c1-2-13-10(12)8-6-3-4-7(5-6)9(8)11;/h6-9H,2-5,11H2,1H3;1H/t6-,7+,8-,9+;/m1./s1. The minimum Gasteiger partial charge on any atom is -0.466 e. The average Bonchev–Trinajstić information content (AvgIpc) is 2.63. The van der Waals surface area contributed by atoms with Crippen molar-refractivity contribution in [3.8, 4) is 0 Å². The van der Waals surface area contributed by atoms with E-state index in [1.165, 1.54) is 12.8 Å². The lowest BCUT2D eigenvalue weighted by Gasteiger charge is -2.25. The molecule has 82 valence electrons. The van der Waals surface area contributed by atoms with Crippen molar-refractivity contribution in [3.05, 3.63) is 0 Å². The number of nitrogens with two attached hydrogens (primary N) is 1. The second-order valence-electron chi connectivity index (χ2n) is 4.19. The van der Waals surface area contributed by atoms with Gasteiger partial charge in [0.25, 0.3) is 0 Å². The van der Waals surface area contributed by atoms with Gasteiger partial charge in [-0.3, -0.25) is 4.79 Å². The van der Waals surface area contributed by atoms with E-state index in [1.54, 1.807) is 0 Å². The molecule has 4 heteroatoms. The predicted octanol–water partition coefficient (Wildman–Crippen LogP) is 1.34. The van der Waals surface area contributed by atoms with E-state index in [4.69, 9.17) is 10.5 Å². The number of carbonyl (C=O) groups excluding carboxylic acids is 1. The van der Waals surface area contributed by atoms with Crippen molar-refractivity contribution in [1.82, 2.24) is 0 Å². The van der Waals surface area contributed by atoms with Crippen LogP contribution < -0.4 is 5.73 Å². The first-order valence-corrected chi connectivity index (χ1v) is 5.16. The minimum absolute atomic E-state index is 0. The largest absolute Gasteiger partial charge is 0.466 e. The van der Waals surface area contributed by atoms with Gasteiger partial charge in [-0.25, -0.2) is 0 Å². The summed E-state index contributed by atoms with van der Waals surface area (Å²) in [5, 5.41) is 0. The molecule has 0 aromatic carbocycles. The van der Waals surface area contributed by atoms with Gasteiger partial charge >= 0.3 is 5.97 Å². The van der Waals surface area contributed by atoms with E-state index in [0.717, 1.165) is 6.42 Å². The lowest BCUT2D eigenvalue weighted by molar-refractivity contribution is -0.150. The third-order valence-corrected chi connectivity index (χ3v) is 3.54. The quantitative estimate of drug-likeness (QED) is 0.714. The molecule has 0 heterocycles. The van der Waals surface area contributed by atoms with Gasteiger partial charge in [0.2, 0.25) is 0 Å². The van der Waals surface area contributed by atoms with Crippen LogP contribution in [-0.2, 0) is 9.53 Å². The molecule has 0 aromatic heterocycles. The third-order valence-electron chi connectivity index (χ3n) is 3.54. The van der Waals surface area contributed by atoms with Gasteiger partial charge in [0.1, 0.15) is 0 Å². The Balaban J connectivity index is 0.000000980. The highest BCUT2D eigenvalue weighted by Gasteiger charge is 2.49. The van der Waals surface area contributed by atoms with Gasteiger partial charge in [0.15, 0.2) is 0 Å². The van der Waals surface area contributed by atoms with Crippen LogP contribution in [0.1, 0.15) is 26.2 Å². The van der Waals surface area contributed by atoms with E-state index in [-0.39, 0.29) is 30.3 Å². The van der Waals surface area contributed by atoms with Gasteiger partial charge in [0.05, 0.1) is 12.5 Å². The highest BCUT2D eigenvalue weighted by atomic mass is 35.5. The molecule has 2 fully saturated rings. The number of carbonyl (C=O) groups is 1. The molecule has 3 nitrogen and oxygen atoms in total. The van der Waals surface area contributed by atoms with Crippen LogP contribution in [0.15, 0.2) is 0 Å². The molecule has 0 saturated heterocycles. The number of hydrogen-bond acceptors (Lipinski definition) is 3. The lowest BCUT2D eigenvalue weighted by atomic mass is 9.85. The molecule has 4 atom stereocenters. The highest BCUT2D eigenvalue weighted by Crippen LogP contribution is 2.47. The molecule has 2 bridgehead atoms. The molecule has 2 rings (SSSR count). The Bertz CT molecular complexity index is 220. The molecule has 0 unspecified atom stereocenters. The third kappa shape index (κ3) is 1.75. The van der Waals surface area contributed by atoms with Gasteiger partial charge in [-0.15, -0.1) is 12.4 Å².